The largest absolute Gasteiger partial charge is 0.385 e. The second-order valence-electron chi connectivity index (χ2n) is 3.60. The third-order valence-electron chi connectivity index (χ3n) is 2.50. The van der Waals surface area contributed by atoms with Crippen LogP contribution in [0.3, 0.4) is 0 Å². The van der Waals surface area contributed by atoms with Crippen molar-refractivity contribution in [1.29, 1.82) is 0 Å². The number of nitrogens with zero attached hydrogens (tertiary/aromatic N) is 2. The highest BCUT2D eigenvalue weighted by atomic mass is 16.5. The zero-order chi connectivity index (χ0) is 11.1. The molecule has 0 saturated heterocycles. The summed E-state index contributed by atoms with van der Waals surface area (Å²) in [6.45, 7) is 3.91. The summed E-state index contributed by atoms with van der Waals surface area (Å²) in [5.41, 5.74) is 1.25. The van der Waals surface area contributed by atoms with Gasteiger partial charge in [0.1, 0.15) is 0 Å². The van der Waals surface area contributed by atoms with E-state index in [1.807, 2.05) is 13.2 Å². The summed E-state index contributed by atoms with van der Waals surface area (Å²) >= 11 is 0. The van der Waals surface area contributed by atoms with Crippen LogP contribution < -0.4 is 5.32 Å². The van der Waals surface area contributed by atoms with Crippen molar-refractivity contribution in [2.75, 3.05) is 20.8 Å². The first-order valence-electron chi connectivity index (χ1n) is 5.51. The van der Waals surface area contributed by atoms with E-state index in [0.717, 1.165) is 26.0 Å². The SMILES string of the molecule is CCCn1nccc1C(CCOC)NC. The van der Waals surface area contributed by atoms with Crippen molar-refractivity contribution in [3.63, 3.8) is 0 Å². The van der Waals surface area contributed by atoms with E-state index >= 15 is 0 Å². The molecule has 4 heteroatoms. The van der Waals surface area contributed by atoms with Crippen molar-refractivity contribution in [3.05, 3.63) is 18.0 Å². The van der Waals surface area contributed by atoms with Crippen molar-refractivity contribution in [2.45, 2.75) is 32.4 Å². The van der Waals surface area contributed by atoms with E-state index in [1.54, 1.807) is 7.11 Å². The van der Waals surface area contributed by atoms with E-state index in [-0.39, 0.29) is 0 Å². The van der Waals surface area contributed by atoms with Gasteiger partial charge < -0.3 is 10.1 Å². The highest BCUT2D eigenvalue weighted by molar-refractivity contribution is 5.06. The Kier molecular flexibility index (Phi) is 5.36. The Balaban J connectivity index is 2.67. The fourth-order valence-corrected chi connectivity index (χ4v) is 1.71. The van der Waals surface area contributed by atoms with Crippen LogP contribution in [0.5, 0.6) is 0 Å². The number of rotatable bonds is 7. The molecule has 0 bridgehead atoms. The van der Waals surface area contributed by atoms with Crippen LogP contribution in [0.2, 0.25) is 0 Å². The van der Waals surface area contributed by atoms with Crippen LogP contribution >= 0.6 is 0 Å². The molecule has 15 heavy (non-hydrogen) atoms. The van der Waals surface area contributed by atoms with Crippen molar-refractivity contribution < 1.29 is 4.74 Å². The zero-order valence-electron chi connectivity index (χ0n) is 9.86. The average molecular weight is 211 g/mol. The molecule has 0 aliphatic rings. The van der Waals surface area contributed by atoms with Gasteiger partial charge in [0.05, 0.1) is 11.7 Å². The molecule has 1 rings (SSSR count). The molecule has 1 heterocycles. The van der Waals surface area contributed by atoms with Gasteiger partial charge in [0.25, 0.3) is 0 Å². The number of aryl methyl sites for hydroxylation is 1. The van der Waals surface area contributed by atoms with Crippen molar-refractivity contribution in [2.24, 2.45) is 0 Å². The Labute approximate surface area is 91.6 Å². The quantitative estimate of drug-likeness (QED) is 0.744. The summed E-state index contributed by atoms with van der Waals surface area (Å²) < 4.78 is 7.17. The summed E-state index contributed by atoms with van der Waals surface area (Å²) in [4.78, 5) is 0. The number of hydrogen-bond donors (Lipinski definition) is 1. The molecule has 86 valence electrons. The molecule has 0 amide bonds. The Hall–Kier alpha value is -0.870. The van der Waals surface area contributed by atoms with Crippen LogP contribution in [-0.2, 0) is 11.3 Å². The van der Waals surface area contributed by atoms with Gasteiger partial charge in [-0.05, 0) is 26.0 Å². The van der Waals surface area contributed by atoms with Gasteiger partial charge in [-0.1, -0.05) is 6.92 Å². The number of nitrogens with one attached hydrogen (secondary N) is 1. The van der Waals surface area contributed by atoms with E-state index in [4.69, 9.17) is 4.74 Å². The summed E-state index contributed by atoms with van der Waals surface area (Å²) in [5, 5.41) is 7.62. The second-order valence-corrected chi connectivity index (χ2v) is 3.60. The molecule has 0 aliphatic carbocycles. The maximum Gasteiger partial charge on any atom is 0.0554 e. The summed E-state index contributed by atoms with van der Waals surface area (Å²) in [6.07, 6.45) is 3.94. The highest BCUT2D eigenvalue weighted by Crippen LogP contribution is 2.16. The van der Waals surface area contributed by atoms with Gasteiger partial charge in [0.15, 0.2) is 0 Å². The van der Waals surface area contributed by atoms with Gasteiger partial charge in [-0.2, -0.15) is 5.10 Å². The lowest BCUT2D eigenvalue weighted by atomic mass is 10.1. The second kappa shape index (κ2) is 6.58. The number of aromatic nitrogens is 2. The molecule has 4 nitrogen and oxygen atoms in total. The number of hydrogen-bond acceptors (Lipinski definition) is 3. The zero-order valence-corrected chi connectivity index (χ0v) is 9.86. The van der Waals surface area contributed by atoms with Gasteiger partial charge in [-0.3, -0.25) is 4.68 Å². The maximum atomic E-state index is 5.10. The average Bonchev–Trinajstić information content (AvgIpc) is 2.68. The number of ether oxygens (including phenoxy) is 1. The normalized spacial score (nSPS) is 13.0. The third-order valence-corrected chi connectivity index (χ3v) is 2.50. The van der Waals surface area contributed by atoms with Crippen LogP contribution in [0.15, 0.2) is 12.3 Å². The molecule has 0 aromatic carbocycles. The number of methoxy groups -OCH3 is 1. The van der Waals surface area contributed by atoms with Gasteiger partial charge >= 0.3 is 0 Å². The first-order valence-corrected chi connectivity index (χ1v) is 5.51. The van der Waals surface area contributed by atoms with E-state index in [0.29, 0.717) is 6.04 Å². The fourth-order valence-electron chi connectivity index (χ4n) is 1.71. The first-order chi connectivity index (χ1) is 7.33. The molecule has 0 aliphatic heterocycles. The maximum absolute atomic E-state index is 5.10. The van der Waals surface area contributed by atoms with Crippen LogP contribution in [0.1, 0.15) is 31.5 Å². The highest BCUT2D eigenvalue weighted by Gasteiger charge is 2.13. The Morgan fingerprint density at radius 1 is 1.60 bits per heavy atom. The standard InChI is InChI=1S/C11H21N3O/c1-4-8-14-11(5-7-13-14)10(12-2)6-9-15-3/h5,7,10,12H,4,6,8-9H2,1-3H3. The van der Waals surface area contributed by atoms with E-state index in [2.05, 4.69) is 28.1 Å². The summed E-state index contributed by atoms with van der Waals surface area (Å²) in [7, 11) is 3.71. The molecular weight excluding hydrogens is 190 g/mol. The molecule has 0 spiro atoms. The van der Waals surface area contributed by atoms with Crippen LogP contribution in [0.25, 0.3) is 0 Å². The molecule has 0 fully saturated rings. The van der Waals surface area contributed by atoms with Gasteiger partial charge in [0.2, 0.25) is 0 Å². The van der Waals surface area contributed by atoms with Crippen molar-refractivity contribution in [1.82, 2.24) is 15.1 Å². The minimum absolute atomic E-state index is 0.332. The van der Waals surface area contributed by atoms with Crippen LogP contribution in [-0.4, -0.2) is 30.5 Å². The van der Waals surface area contributed by atoms with Gasteiger partial charge in [-0.15, -0.1) is 0 Å². The summed E-state index contributed by atoms with van der Waals surface area (Å²) in [6, 6.07) is 2.41. The predicted molar refractivity (Wildman–Crippen MR) is 60.8 cm³/mol. The Bertz CT molecular complexity index is 273. The van der Waals surface area contributed by atoms with Gasteiger partial charge in [0, 0.05) is 26.5 Å². The lowest BCUT2D eigenvalue weighted by molar-refractivity contribution is 0.182. The smallest absolute Gasteiger partial charge is 0.0554 e. The van der Waals surface area contributed by atoms with Crippen molar-refractivity contribution in [3.8, 4) is 0 Å². The molecule has 1 N–H and O–H groups in total. The topological polar surface area (TPSA) is 39.1 Å². The predicted octanol–water partition coefficient (Wildman–Crippen LogP) is 1.59. The Morgan fingerprint density at radius 2 is 2.40 bits per heavy atom. The van der Waals surface area contributed by atoms with Crippen LogP contribution in [0, 0.1) is 0 Å². The van der Waals surface area contributed by atoms with E-state index in [9.17, 15) is 0 Å². The van der Waals surface area contributed by atoms with E-state index < -0.39 is 0 Å². The monoisotopic (exact) mass is 211 g/mol. The summed E-state index contributed by atoms with van der Waals surface area (Å²) in [5.74, 6) is 0. The Morgan fingerprint density at radius 3 is 3.00 bits per heavy atom. The third kappa shape index (κ3) is 3.32. The molecular formula is C11H21N3O. The minimum atomic E-state index is 0.332. The molecule has 1 aromatic rings. The molecule has 1 aromatic heterocycles. The fraction of sp³-hybridized carbons (Fsp3) is 0.727. The lowest BCUT2D eigenvalue weighted by Gasteiger charge is -2.17. The van der Waals surface area contributed by atoms with Crippen molar-refractivity contribution >= 4 is 0 Å². The first kappa shape index (κ1) is 12.2. The van der Waals surface area contributed by atoms with Gasteiger partial charge in [-0.25, -0.2) is 0 Å². The molecule has 1 atom stereocenters. The molecule has 1 unspecified atom stereocenters. The lowest BCUT2D eigenvalue weighted by Crippen LogP contribution is -2.21. The van der Waals surface area contributed by atoms with Crippen LogP contribution in [0.4, 0.5) is 0 Å². The molecule has 0 saturated carbocycles. The minimum Gasteiger partial charge on any atom is -0.385 e. The van der Waals surface area contributed by atoms with E-state index in [1.165, 1.54) is 5.69 Å². The molecule has 0 radical (unpaired) electrons.